The zero-order chi connectivity index (χ0) is 26.7. The molecule has 2 aromatic carbocycles. The maximum atomic E-state index is 13.0. The number of nitrogens with zero attached hydrogens (tertiary/aromatic N) is 1. The van der Waals surface area contributed by atoms with Crippen molar-refractivity contribution < 1.29 is 31.1 Å². The van der Waals surface area contributed by atoms with E-state index in [1.54, 1.807) is 0 Å². The van der Waals surface area contributed by atoms with Gasteiger partial charge in [-0.2, -0.15) is 0 Å². The molecule has 1 amide bonds. The molecule has 0 unspecified atom stereocenters. The predicted molar refractivity (Wildman–Crippen MR) is 158 cm³/mol. The van der Waals surface area contributed by atoms with E-state index in [1.807, 2.05) is 73.1 Å². The number of ether oxygens (including phenoxy) is 1. The number of amides is 1. The van der Waals surface area contributed by atoms with E-state index in [2.05, 4.69) is 22.9 Å². The van der Waals surface area contributed by atoms with Gasteiger partial charge in [0.25, 0.3) is 0 Å². The van der Waals surface area contributed by atoms with Crippen molar-refractivity contribution in [3.8, 4) is 5.75 Å². The van der Waals surface area contributed by atoms with E-state index in [1.165, 1.54) is 70.6 Å². The second-order valence-electron chi connectivity index (χ2n) is 10.3. The average Bonchev–Trinajstić information content (AvgIpc) is 2.94. The molecule has 39 heavy (non-hydrogen) atoms. The molecule has 0 aliphatic carbocycles. The fourth-order valence-corrected chi connectivity index (χ4v) is 4.80. The molecule has 0 fully saturated rings. The van der Waals surface area contributed by atoms with Crippen molar-refractivity contribution in [3.63, 3.8) is 0 Å². The van der Waals surface area contributed by atoms with Gasteiger partial charge in [-0.15, -0.1) is 0 Å². The van der Waals surface area contributed by atoms with Gasteiger partial charge in [0.15, 0.2) is 18.9 Å². The summed E-state index contributed by atoms with van der Waals surface area (Å²) in [6.07, 6.45) is 20.3. The van der Waals surface area contributed by atoms with Crippen LogP contribution in [0.2, 0.25) is 0 Å². The van der Waals surface area contributed by atoms with Gasteiger partial charge in [-0.25, -0.2) is 4.57 Å². The van der Waals surface area contributed by atoms with Crippen molar-refractivity contribution >= 4 is 11.6 Å². The largest absolute Gasteiger partial charge is 1.00 e. The van der Waals surface area contributed by atoms with Crippen molar-refractivity contribution in [1.82, 2.24) is 0 Å². The number of carbonyl (C=O) groups is 1. The van der Waals surface area contributed by atoms with Crippen LogP contribution in [0.3, 0.4) is 0 Å². The van der Waals surface area contributed by atoms with Crippen LogP contribution >= 0.6 is 0 Å². The number of halogens is 1. The molecule has 5 heteroatoms. The molecule has 0 aliphatic heterocycles. The molecular formula is C34H47BrN2O2. The zero-order valence-electron chi connectivity index (χ0n) is 23.8. The van der Waals surface area contributed by atoms with Crippen LogP contribution in [-0.4, -0.2) is 12.5 Å². The first-order valence-electron chi connectivity index (χ1n) is 14.8. The number of carbonyl (C=O) groups excluding carboxylic acids is 1. The maximum absolute atomic E-state index is 13.0. The van der Waals surface area contributed by atoms with Gasteiger partial charge < -0.3 is 27.0 Å². The lowest BCUT2D eigenvalue weighted by atomic mass is 10.1. The lowest BCUT2D eigenvalue weighted by Crippen LogP contribution is -3.00. The van der Waals surface area contributed by atoms with Gasteiger partial charge in [0.05, 0.1) is 18.7 Å². The molecule has 0 saturated heterocycles. The highest BCUT2D eigenvalue weighted by Gasteiger charge is 2.13. The summed E-state index contributed by atoms with van der Waals surface area (Å²) in [5, 5.41) is 3.12. The molecule has 3 aromatic rings. The quantitative estimate of drug-likeness (QED) is 0.151. The Labute approximate surface area is 247 Å². The summed E-state index contributed by atoms with van der Waals surface area (Å²) in [6, 6.07) is 21.9. The number of hydrogen-bond donors (Lipinski definition) is 1. The van der Waals surface area contributed by atoms with Crippen LogP contribution in [0.15, 0.2) is 79.1 Å². The fourth-order valence-electron chi connectivity index (χ4n) is 4.80. The van der Waals surface area contributed by atoms with Crippen LogP contribution in [0.1, 0.15) is 95.1 Å². The molecule has 0 bridgehead atoms. The van der Waals surface area contributed by atoms with E-state index < -0.39 is 0 Å². The first-order valence-corrected chi connectivity index (χ1v) is 14.8. The third kappa shape index (κ3) is 13.3. The standard InChI is InChI=1S/C34H46N2O2.BrH/c1-2-3-4-5-6-7-8-9-10-11-12-20-27-38-33-24-17-15-21-30(33)28-34(37)35-32-23-16-14-22-31(32)29-36-25-18-13-19-26-36;/h13-19,21-26H,2-12,20,27-29H2,1H3;1H. The van der Waals surface area contributed by atoms with E-state index in [4.69, 9.17) is 4.74 Å². The van der Waals surface area contributed by atoms with Gasteiger partial charge in [-0.1, -0.05) is 120 Å². The number of pyridine rings is 1. The van der Waals surface area contributed by atoms with Crippen LogP contribution in [0.25, 0.3) is 0 Å². The Morgan fingerprint density at radius 1 is 0.692 bits per heavy atom. The lowest BCUT2D eigenvalue weighted by Gasteiger charge is -2.13. The van der Waals surface area contributed by atoms with Crippen molar-refractivity contribution in [3.05, 3.63) is 90.3 Å². The van der Waals surface area contributed by atoms with E-state index in [9.17, 15) is 4.79 Å². The van der Waals surface area contributed by atoms with Gasteiger partial charge in [0, 0.05) is 23.3 Å². The molecule has 1 aromatic heterocycles. The number of nitrogens with one attached hydrogen (secondary N) is 1. The van der Waals surface area contributed by atoms with Crippen LogP contribution in [0.5, 0.6) is 5.75 Å². The van der Waals surface area contributed by atoms with Crippen LogP contribution in [-0.2, 0) is 17.8 Å². The van der Waals surface area contributed by atoms with Crippen molar-refractivity contribution in [2.75, 3.05) is 11.9 Å². The Hall–Kier alpha value is -2.66. The van der Waals surface area contributed by atoms with Gasteiger partial charge in [0.1, 0.15) is 5.75 Å². The summed E-state index contributed by atoms with van der Waals surface area (Å²) >= 11 is 0. The van der Waals surface area contributed by atoms with Crippen LogP contribution < -0.4 is 31.6 Å². The number of benzene rings is 2. The number of aromatic nitrogens is 1. The summed E-state index contributed by atoms with van der Waals surface area (Å²) in [5.74, 6) is 0.788. The summed E-state index contributed by atoms with van der Waals surface area (Å²) in [6.45, 7) is 3.68. The molecule has 0 saturated carbocycles. The lowest BCUT2D eigenvalue weighted by molar-refractivity contribution is -0.688. The Kier molecular flexibility index (Phi) is 16.9. The number of unbranched alkanes of at least 4 members (excludes halogenated alkanes) is 11. The molecule has 0 spiro atoms. The molecule has 1 N–H and O–H groups in total. The SMILES string of the molecule is CCCCCCCCCCCCCCOc1ccccc1CC(=O)Nc1ccccc1C[n+]1ccccc1.[Br-]. The van der Waals surface area contributed by atoms with E-state index in [-0.39, 0.29) is 22.9 Å². The molecule has 0 atom stereocenters. The second-order valence-corrected chi connectivity index (χ2v) is 10.3. The molecule has 3 rings (SSSR count). The summed E-state index contributed by atoms with van der Waals surface area (Å²) in [5.41, 5.74) is 2.86. The smallest absolute Gasteiger partial charge is 0.228 e. The summed E-state index contributed by atoms with van der Waals surface area (Å²) in [7, 11) is 0. The van der Waals surface area contributed by atoms with Gasteiger partial charge in [-0.05, 0) is 18.6 Å². The maximum Gasteiger partial charge on any atom is 0.228 e. The third-order valence-corrected chi connectivity index (χ3v) is 7.00. The van der Waals surface area contributed by atoms with E-state index in [0.29, 0.717) is 19.6 Å². The zero-order valence-corrected chi connectivity index (χ0v) is 25.3. The molecule has 0 aliphatic rings. The highest BCUT2D eigenvalue weighted by atomic mass is 79.9. The summed E-state index contributed by atoms with van der Waals surface area (Å²) in [4.78, 5) is 13.0. The molecule has 0 radical (unpaired) electrons. The predicted octanol–water partition coefficient (Wildman–Crippen LogP) is 5.29. The fraction of sp³-hybridized carbons (Fsp3) is 0.471. The molecule has 212 valence electrons. The molecular weight excluding hydrogens is 548 g/mol. The highest BCUT2D eigenvalue weighted by Crippen LogP contribution is 2.21. The Balaban J connectivity index is 0.00000533. The topological polar surface area (TPSA) is 42.2 Å². The minimum atomic E-state index is -0.0306. The summed E-state index contributed by atoms with van der Waals surface area (Å²) < 4.78 is 8.20. The number of rotatable bonds is 19. The third-order valence-electron chi connectivity index (χ3n) is 7.00. The van der Waals surface area contributed by atoms with E-state index in [0.717, 1.165) is 29.0 Å². The van der Waals surface area contributed by atoms with Crippen LogP contribution in [0.4, 0.5) is 5.69 Å². The van der Waals surface area contributed by atoms with Crippen LogP contribution in [0, 0.1) is 0 Å². The molecule has 4 nitrogen and oxygen atoms in total. The first kappa shape index (κ1) is 32.6. The van der Waals surface area contributed by atoms with Gasteiger partial charge in [0.2, 0.25) is 5.91 Å². The Bertz CT molecular complexity index is 1060. The minimum absolute atomic E-state index is 0. The Morgan fingerprint density at radius 2 is 1.26 bits per heavy atom. The second kappa shape index (κ2) is 20.3. The normalized spacial score (nSPS) is 10.6. The highest BCUT2D eigenvalue weighted by molar-refractivity contribution is 5.93. The average molecular weight is 596 g/mol. The van der Waals surface area contributed by atoms with Crippen molar-refractivity contribution in [2.45, 2.75) is 96.9 Å². The monoisotopic (exact) mass is 594 g/mol. The number of para-hydroxylation sites is 2. The molecule has 1 heterocycles. The minimum Gasteiger partial charge on any atom is -1.00 e. The first-order chi connectivity index (χ1) is 18.8. The van der Waals surface area contributed by atoms with Gasteiger partial charge in [-0.3, -0.25) is 4.79 Å². The number of hydrogen-bond acceptors (Lipinski definition) is 2. The van der Waals surface area contributed by atoms with Gasteiger partial charge >= 0.3 is 0 Å². The van der Waals surface area contributed by atoms with E-state index >= 15 is 0 Å². The van der Waals surface area contributed by atoms with Crippen molar-refractivity contribution in [1.29, 1.82) is 0 Å². The van der Waals surface area contributed by atoms with Crippen molar-refractivity contribution in [2.24, 2.45) is 0 Å². The number of anilines is 1. The Morgan fingerprint density at radius 3 is 1.92 bits per heavy atom.